The first-order chi connectivity index (χ1) is 16.2. The molecule has 166 valence electrons. The maximum Gasteiger partial charge on any atom is 0.227 e. The molecule has 1 atom stereocenters. The van der Waals surface area contributed by atoms with Gasteiger partial charge in [0.05, 0.1) is 0 Å². The molecule has 1 fully saturated rings. The minimum atomic E-state index is 0.331. The lowest BCUT2D eigenvalue weighted by atomic mass is 10.1. The lowest BCUT2D eigenvalue weighted by molar-refractivity contribution is 0.478. The number of rotatable bonds is 5. The van der Waals surface area contributed by atoms with E-state index in [0.29, 0.717) is 29.1 Å². The Balaban J connectivity index is 1.27. The predicted molar refractivity (Wildman–Crippen MR) is 128 cm³/mol. The molecule has 33 heavy (non-hydrogen) atoms. The smallest absolute Gasteiger partial charge is 0.227 e. The van der Waals surface area contributed by atoms with Gasteiger partial charge < -0.3 is 19.8 Å². The molecule has 0 radical (unpaired) electrons. The largest absolute Gasteiger partial charge is 0.456 e. The summed E-state index contributed by atoms with van der Waals surface area (Å²) in [6.07, 6.45) is 3.97. The van der Waals surface area contributed by atoms with Crippen molar-refractivity contribution in [2.75, 3.05) is 18.4 Å². The Morgan fingerprint density at radius 1 is 1.12 bits per heavy atom. The third kappa shape index (κ3) is 3.78. The van der Waals surface area contributed by atoms with Gasteiger partial charge in [-0.05, 0) is 62.2 Å². The van der Waals surface area contributed by atoms with Crippen molar-refractivity contribution in [1.29, 1.82) is 0 Å². The van der Waals surface area contributed by atoms with E-state index in [1.165, 1.54) is 0 Å². The summed E-state index contributed by atoms with van der Waals surface area (Å²) in [7, 11) is 0. The normalized spacial score (nSPS) is 16.3. The van der Waals surface area contributed by atoms with Crippen molar-refractivity contribution in [2.24, 2.45) is 0 Å². The van der Waals surface area contributed by atoms with Crippen LogP contribution in [0.1, 0.15) is 18.4 Å². The van der Waals surface area contributed by atoms with Crippen LogP contribution < -0.4 is 15.4 Å². The van der Waals surface area contributed by atoms with Crippen molar-refractivity contribution in [2.45, 2.75) is 25.8 Å². The van der Waals surface area contributed by atoms with Crippen molar-refractivity contribution in [3.05, 3.63) is 60.3 Å². The highest BCUT2D eigenvalue weighted by atomic mass is 16.5. The monoisotopic (exact) mass is 440 g/mol. The van der Waals surface area contributed by atoms with Gasteiger partial charge in [-0.1, -0.05) is 12.1 Å². The Morgan fingerprint density at radius 2 is 2.03 bits per heavy atom. The molecule has 0 saturated carbocycles. The zero-order valence-corrected chi connectivity index (χ0v) is 18.3. The van der Waals surface area contributed by atoms with Crippen LogP contribution in [0.3, 0.4) is 0 Å². The van der Waals surface area contributed by atoms with Crippen molar-refractivity contribution >= 4 is 28.0 Å². The number of aryl methyl sites for hydroxylation is 1. The molecule has 5 aromatic rings. The molecule has 6 rings (SSSR count). The number of hydrogen-bond acceptors (Lipinski definition) is 7. The van der Waals surface area contributed by atoms with Crippen LogP contribution >= 0.6 is 0 Å². The van der Waals surface area contributed by atoms with E-state index in [0.717, 1.165) is 59.4 Å². The average Bonchev–Trinajstić information content (AvgIpc) is 3.46. The van der Waals surface area contributed by atoms with Gasteiger partial charge in [-0.3, -0.25) is 5.10 Å². The molecule has 1 aliphatic heterocycles. The molecule has 0 bridgehead atoms. The predicted octanol–water partition coefficient (Wildman–Crippen LogP) is 5.03. The van der Waals surface area contributed by atoms with Gasteiger partial charge in [-0.25, -0.2) is 9.97 Å². The first-order valence-electron chi connectivity index (χ1n) is 11.2. The van der Waals surface area contributed by atoms with E-state index >= 15 is 0 Å². The zero-order valence-electron chi connectivity index (χ0n) is 18.3. The Hall–Kier alpha value is -3.91. The molecule has 1 aliphatic rings. The lowest BCUT2D eigenvalue weighted by Crippen LogP contribution is -2.38. The standard InChI is InChI=1S/C25H24N6O2/c1-15-4-2-6-19-22(15)33-25(29-19)16-7-9-18(10-8-16)32-20-11-13-27-23-21(20)24(31-30-23)28-17-5-3-12-26-14-17/h2,4,6-11,13,17,26H,3,5,12,14H2,1H3,(H2,27,28,30,31). The highest BCUT2D eigenvalue weighted by Gasteiger charge is 2.19. The summed E-state index contributed by atoms with van der Waals surface area (Å²) in [6.45, 7) is 4.00. The number of aromatic nitrogens is 4. The first-order valence-corrected chi connectivity index (χ1v) is 11.2. The van der Waals surface area contributed by atoms with Crippen molar-refractivity contribution < 1.29 is 9.15 Å². The van der Waals surface area contributed by atoms with Gasteiger partial charge in [0.15, 0.2) is 17.0 Å². The highest BCUT2D eigenvalue weighted by molar-refractivity contribution is 5.93. The second-order valence-corrected chi connectivity index (χ2v) is 8.36. The van der Waals surface area contributed by atoms with Crippen LogP contribution in [-0.2, 0) is 0 Å². The Kier molecular flexibility index (Phi) is 4.92. The Bertz CT molecular complexity index is 1420. The highest BCUT2D eigenvalue weighted by Crippen LogP contribution is 2.34. The van der Waals surface area contributed by atoms with Gasteiger partial charge in [-0.15, -0.1) is 0 Å². The van der Waals surface area contributed by atoms with Gasteiger partial charge in [-0.2, -0.15) is 5.10 Å². The minimum Gasteiger partial charge on any atom is -0.456 e. The maximum absolute atomic E-state index is 6.24. The molecule has 8 nitrogen and oxygen atoms in total. The van der Waals surface area contributed by atoms with Crippen molar-refractivity contribution in [3.8, 4) is 23.0 Å². The number of nitrogens with one attached hydrogen (secondary N) is 3. The number of hydrogen-bond donors (Lipinski definition) is 3. The van der Waals surface area contributed by atoms with E-state index in [2.05, 4.69) is 30.8 Å². The SMILES string of the molecule is Cc1cccc2nc(-c3ccc(Oc4ccnc5[nH]nc(NC6CCCNC6)c45)cc3)oc12. The van der Waals surface area contributed by atoms with Crippen LogP contribution in [0.4, 0.5) is 5.82 Å². The van der Waals surface area contributed by atoms with Gasteiger partial charge in [0.1, 0.15) is 22.4 Å². The van der Waals surface area contributed by atoms with E-state index in [9.17, 15) is 0 Å². The van der Waals surface area contributed by atoms with Crippen LogP contribution in [0.25, 0.3) is 33.6 Å². The van der Waals surface area contributed by atoms with Gasteiger partial charge >= 0.3 is 0 Å². The summed E-state index contributed by atoms with van der Waals surface area (Å²) in [6, 6.07) is 15.9. The third-order valence-corrected chi connectivity index (χ3v) is 6.00. The second-order valence-electron chi connectivity index (χ2n) is 8.36. The Labute approximate surface area is 190 Å². The van der Waals surface area contributed by atoms with Crippen LogP contribution in [0.2, 0.25) is 0 Å². The number of ether oxygens (including phenoxy) is 1. The summed E-state index contributed by atoms with van der Waals surface area (Å²) in [4.78, 5) is 9.02. The molecule has 0 aliphatic carbocycles. The third-order valence-electron chi connectivity index (χ3n) is 6.00. The quantitative estimate of drug-likeness (QED) is 0.352. The molecule has 1 unspecified atom stereocenters. The molecule has 0 spiro atoms. The van der Waals surface area contributed by atoms with Crippen molar-refractivity contribution in [3.63, 3.8) is 0 Å². The molecule has 3 N–H and O–H groups in total. The number of nitrogens with zero attached hydrogens (tertiary/aromatic N) is 3. The number of benzene rings is 2. The maximum atomic E-state index is 6.24. The number of anilines is 1. The molecule has 3 aromatic heterocycles. The van der Waals surface area contributed by atoms with Gasteiger partial charge in [0.2, 0.25) is 5.89 Å². The van der Waals surface area contributed by atoms with Crippen LogP contribution in [0.15, 0.2) is 59.1 Å². The number of aromatic amines is 1. The summed E-state index contributed by atoms with van der Waals surface area (Å²) >= 11 is 0. The number of piperidine rings is 1. The van der Waals surface area contributed by atoms with Crippen LogP contribution in [0.5, 0.6) is 11.5 Å². The van der Waals surface area contributed by atoms with E-state index in [-0.39, 0.29) is 0 Å². The summed E-state index contributed by atoms with van der Waals surface area (Å²) in [5, 5.41) is 15.3. The average molecular weight is 441 g/mol. The zero-order chi connectivity index (χ0) is 22.2. The van der Waals surface area contributed by atoms with E-state index in [4.69, 9.17) is 9.15 Å². The molecule has 1 saturated heterocycles. The van der Waals surface area contributed by atoms with Crippen LogP contribution in [0, 0.1) is 6.92 Å². The molecule has 2 aromatic carbocycles. The molecule has 4 heterocycles. The lowest BCUT2D eigenvalue weighted by Gasteiger charge is -2.23. The number of oxazole rings is 1. The summed E-state index contributed by atoms with van der Waals surface area (Å²) in [5.74, 6) is 2.77. The number of H-pyrrole nitrogens is 1. The number of fused-ring (bicyclic) bond motifs is 2. The second kappa shape index (κ2) is 8.22. The van der Waals surface area contributed by atoms with E-state index in [1.54, 1.807) is 6.20 Å². The topological polar surface area (TPSA) is 101 Å². The van der Waals surface area contributed by atoms with Gasteiger partial charge in [0.25, 0.3) is 0 Å². The fraction of sp³-hybridized carbons (Fsp3) is 0.240. The number of para-hydroxylation sites is 1. The fourth-order valence-corrected chi connectivity index (χ4v) is 4.28. The minimum absolute atomic E-state index is 0.331. The Morgan fingerprint density at radius 3 is 2.85 bits per heavy atom. The molecule has 0 amide bonds. The molecular formula is C25H24N6O2. The first kappa shape index (κ1) is 19.8. The molecule has 8 heteroatoms. The van der Waals surface area contributed by atoms with Crippen LogP contribution in [-0.4, -0.2) is 39.3 Å². The summed E-state index contributed by atoms with van der Waals surface area (Å²) < 4.78 is 12.2. The van der Waals surface area contributed by atoms with E-state index < -0.39 is 0 Å². The van der Waals surface area contributed by atoms with Crippen molar-refractivity contribution in [1.82, 2.24) is 25.5 Å². The molecular weight excluding hydrogens is 416 g/mol. The summed E-state index contributed by atoms with van der Waals surface area (Å²) in [5.41, 5.74) is 4.34. The number of pyridine rings is 1. The van der Waals surface area contributed by atoms with Gasteiger partial charge in [0, 0.05) is 30.4 Å². The fourth-order valence-electron chi connectivity index (χ4n) is 4.28. The van der Waals surface area contributed by atoms with E-state index in [1.807, 2.05) is 55.5 Å².